The van der Waals surface area contributed by atoms with E-state index in [2.05, 4.69) is 22.3 Å². The van der Waals surface area contributed by atoms with E-state index in [1.807, 2.05) is 18.2 Å². The van der Waals surface area contributed by atoms with Crippen molar-refractivity contribution in [2.75, 3.05) is 24.5 Å². The van der Waals surface area contributed by atoms with Crippen molar-refractivity contribution in [1.82, 2.24) is 5.32 Å². The third-order valence-electron chi connectivity index (χ3n) is 5.48. The lowest BCUT2D eigenvalue weighted by Gasteiger charge is -2.30. The molecular formula is C19H25F3N2O. The number of amides is 1. The number of alkyl halides is 3. The number of carbonyl (C=O) groups is 1. The van der Waals surface area contributed by atoms with Gasteiger partial charge in [-0.15, -0.1) is 0 Å². The quantitative estimate of drug-likeness (QED) is 0.886. The maximum atomic E-state index is 12.9. The summed E-state index contributed by atoms with van der Waals surface area (Å²) < 4.78 is 38.6. The van der Waals surface area contributed by atoms with Crippen LogP contribution in [0.15, 0.2) is 30.3 Å². The molecule has 1 saturated carbocycles. The van der Waals surface area contributed by atoms with E-state index >= 15 is 0 Å². The van der Waals surface area contributed by atoms with Gasteiger partial charge in [0.2, 0.25) is 5.91 Å². The normalized spacial score (nSPS) is 27.3. The summed E-state index contributed by atoms with van der Waals surface area (Å²) in [4.78, 5) is 14.6. The molecule has 138 valence electrons. The number of nitrogens with one attached hydrogen (secondary N) is 1. The van der Waals surface area contributed by atoms with Gasteiger partial charge in [0.15, 0.2) is 0 Å². The predicted octanol–water partition coefficient (Wildman–Crippen LogP) is 4.00. The molecule has 1 N–H and O–H groups in total. The van der Waals surface area contributed by atoms with E-state index in [0.29, 0.717) is 25.3 Å². The van der Waals surface area contributed by atoms with E-state index in [4.69, 9.17) is 0 Å². The van der Waals surface area contributed by atoms with Crippen LogP contribution in [0, 0.1) is 17.8 Å². The van der Waals surface area contributed by atoms with Gasteiger partial charge >= 0.3 is 6.18 Å². The molecule has 0 bridgehead atoms. The molecule has 1 aromatic rings. The zero-order valence-corrected chi connectivity index (χ0v) is 14.3. The topological polar surface area (TPSA) is 32.3 Å². The van der Waals surface area contributed by atoms with Crippen LogP contribution in [0.3, 0.4) is 0 Å². The molecule has 1 aliphatic heterocycles. The van der Waals surface area contributed by atoms with Crippen LogP contribution in [0.2, 0.25) is 0 Å². The zero-order valence-electron chi connectivity index (χ0n) is 14.3. The van der Waals surface area contributed by atoms with Gasteiger partial charge in [-0.25, -0.2) is 0 Å². The Labute approximate surface area is 146 Å². The van der Waals surface area contributed by atoms with E-state index in [1.54, 1.807) is 0 Å². The van der Waals surface area contributed by atoms with E-state index in [-0.39, 0.29) is 18.7 Å². The van der Waals surface area contributed by atoms with Gasteiger partial charge in [-0.05, 0) is 43.7 Å². The first-order valence-electron chi connectivity index (χ1n) is 9.08. The van der Waals surface area contributed by atoms with Crippen LogP contribution in [0.25, 0.3) is 0 Å². The van der Waals surface area contributed by atoms with Crippen molar-refractivity contribution in [3.8, 4) is 0 Å². The minimum Gasteiger partial charge on any atom is -0.371 e. The first-order valence-corrected chi connectivity index (χ1v) is 9.08. The van der Waals surface area contributed by atoms with Crippen LogP contribution in [0.1, 0.15) is 32.1 Å². The maximum Gasteiger partial charge on any atom is 0.391 e. The second-order valence-corrected chi connectivity index (χ2v) is 7.28. The van der Waals surface area contributed by atoms with Crippen LogP contribution in [-0.2, 0) is 4.79 Å². The molecular weight excluding hydrogens is 329 g/mol. The maximum absolute atomic E-state index is 12.9. The number of rotatable bonds is 4. The highest BCUT2D eigenvalue weighted by atomic mass is 19.4. The van der Waals surface area contributed by atoms with Crippen LogP contribution in [0.5, 0.6) is 0 Å². The number of anilines is 1. The Balaban J connectivity index is 1.45. The van der Waals surface area contributed by atoms with Crippen LogP contribution < -0.4 is 10.2 Å². The molecule has 1 amide bonds. The number of para-hydroxylation sites is 1. The van der Waals surface area contributed by atoms with Gasteiger partial charge < -0.3 is 10.2 Å². The van der Waals surface area contributed by atoms with Gasteiger partial charge in [0.1, 0.15) is 0 Å². The van der Waals surface area contributed by atoms with Crippen molar-refractivity contribution in [3.63, 3.8) is 0 Å². The molecule has 3 unspecified atom stereocenters. The summed E-state index contributed by atoms with van der Waals surface area (Å²) in [6.07, 6.45) is -2.05. The van der Waals surface area contributed by atoms with Crippen molar-refractivity contribution in [2.24, 2.45) is 17.8 Å². The molecule has 0 aromatic heterocycles. The average molecular weight is 354 g/mol. The number of hydrogen-bond donors (Lipinski definition) is 1. The lowest BCUT2D eigenvalue weighted by atomic mass is 9.80. The molecule has 2 fully saturated rings. The Bertz CT molecular complexity index is 576. The Morgan fingerprint density at radius 1 is 1.16 bits per heavy atom. The second-order valence-electron chi connectivity index (χ2n) is 7.28. The van der Waals surface area contributed by atoms with Gasteiger partial charge in [0, 0.05) is 31.2 Å². The summed E-state index contributed by atoms with van der Waals surface area (Å²) in [6, 6.07) is 10.1. The largest absolute Gasteiger partial charge is 0.391 e. The van der Waals surface area contributed by atoms with Crippen molar-refractivity contribution >= 4 is 11.6 Å². The van der Waals surface area contributed by atoms with Gasteiger partial charge in [-0.1, -0.05) is 24.6 Å². The van der Waals surface area contributed by atoms with E-state index in [1.165, 1.54) is 5.69 Å². The van der Waals surface area contributed by atoms with Crippen molar-refractivity contribution in [1.29, 1.82) is 0 Å². The van der Waals surface area contributed by atoms with E-state index in [0.717, 1.165) is 19.5 Å². The highest BCUT2D eigenvalue weighted by Crippen LogP contribution is 2.40. The Morgan fingerprint density at radius 2 is 1.92 bits per heavy atom. The van der Waals surface area contributed by atoms with Crippen molar-refractivity contribution in [2.45, 2.75) is 38.3 Å². The average Bonchev–Trinajstić information content (AvgIpc) is 3.09. The fourth-order valence-electron chi connectivity index (χ4n) is 3.99. The lowest BCUT2D eigenvalue weighted by molar-refractivity contribution is -0.186. The summed E-state index contributed by atoms with van der Waals surface area (Å²) in [7, 11) is 0. The Kier molecular flexibility index (Phi) is 5.54. The number of carbonyl (C=O) groups excluding carboxylic acids is 1. The molecule has 1 heterocycles. The van der Waals surface area contributed by atoms with Crippen LogP contribution in [-0.4, -0.2) is 31.7 Å². The van der Waals surface area contributed by atoms with E-state index < -0.39 is 18.0 Å². The number of benzene rings is 1. The van der Waals surface area contributed by atoms with Gasteiger partial charge in [0.05, 0.1) is 5.92 Å². The number of halogens is 3. The van der Waals surface area contributed by atoms with Gasteiger partial charge in [-0.3, -0.25) is 4.79 Å². The minimum atomic E-state index is -4.18. The molecule has 1 saturated heterocycles. The summed E-state index contributed by atoms with van der Waals surface area (Å²) >= 11 is 0. The van der Waals surface area contributed by atoms with Crippen LogP contribution >= 0.6 is 0 Å². The molecule has 3 nitrogen and oxygen atoms in total. The zero-order chi connectivity index (χ0) is 17.9. The van der Waals surface area contributed by atoms with Gasteiger partial charge in [0.25, 0.3) is 0 Å². The third-order valence-corrected chi connectivity index (χ3v) is 5.48. The minimum absolute atomic E-state index is 0.0594. The fourth-order valence-corrected chi connectivity index (χ4v) is 3.99. The monoisotopic (exact) mass is 354 g/mol. The van der Waals surface area contributed by atoms with Crippen molar-refractivity contribution in [3.05, 3.63) is 30.3 Å². The molecule has 0 radical (unpaired) electrons. The summed E-state index contributed by atoms with van der Waals surface area (Å²) in [5.74, 6) is -1.66. The highest BCUT2D eigenvalue weighted by molar-refractivity contribution is 5.78. The second kappa shape index (κ2) is 7.67. The molecule has 25 heavy (non-hydrogen) atoms. The van der Waals surface area contributed by atoms with E-state index in [9.17, 15) is 18.0 Å². The highest BCUT2D eigenvalue weighted by Gasteiger charge is 2.43. The number of hydrogen-bond acceptors (Lipinski definition) is 2. The number of nitrogens with zero attached hydrogens (tertiary/aromatic N) is 1. The molecule has 3 atom stereocenters. The molecule has 2 aliphatic rings. The first-order chi connectivity index (χ1) is 11.9. The lowest BCUT2D eigenvalue weighted by Crippen LogP contribution is -2.39. The Hall–Kier alpha value is -1.72. The Morgan fingerprint density at radius 3 is 2.64 bits per heavy atom. The first kappa shape index (κ1) is 18.1. The summed E-state index contributed by atoms with van der Waals surface area (Å²) in [6.45, 7) is 2.37. The smallest absolute Gasteiger partial charge is 0.371 e. The SMILES string of the molecule is O=C(NCC1CCN(c2ccccc2)C1)C1CCCC(C(F)(F)F)C1. The molecule has 1 aromatic carbocycles. The fraction of sp³-hybridized carbons (Fsp3) is 0.632. The molecule has 0 spiro atoms. The summed E-state index contributed by atoms with van der Waals surface area (Å²) in [5.41, 5.74) is 1.18. The molecule has 6 heteroatoms. The summed E-state index contributed by atoms with van der Waals surface area (Å²) in [5, 5.41) is 2.91. The van der Waals surface area contributed by atoms with Crippen molar-refractivity contribution < 1.29 is 18.0 Å². The molecule has 3 rings (SSSR count). The van der Waals surface area contributed by atoms with Gasteiger partial charge in [-0.2, -0.15) is 13.2 Å². The third kappa shape index (κ3) is 4.67. The van der Waals surface area contributed by atoms with Crippen LogP contribution in [0.4, 0.5) is 18.9 Å². The standard InChI is InChI=1S/C19H25F3N2O/c20-19(21,22)16-6-4-5-15(11-16)18(25)23-12-14-9-10-24(13-14)17-7-2-1-3-8-17/h1-3,7-8,14-16H,4-6,9-13H2,(H,23,25). The predicted molar refractivity (Wildman–Crippen MR) is 91.3 cm³/mol. The molecule has 1 aliphatic carbocycles.